The SMILES string of the molecule is Cc1[nH]c2cc(OCF)ccc2c1CC(=O)O. The number of carbonyl (C=O) groups is 1. The van der Waals surface area contributed by atoms with Crippen LogP contribution < -0.4 is 4.74 Å². The maximum atomic E-state index is 12.0. The Morgan fingerprint density at radius 1 is 1.53 bits per heavy atom. The number of aromatic amines is 1. The van der Waals surface area contributed by atoms with E-state index in [0.717, 1.165) is 22.2 Å². The molecule has 2 aromatic rings. The van der Waals surface area contributed by atoms with E-state index in [4.69, 9.17) is 9.84 Å². The van der Waals surface area contributed by atoms with E-state index in [1.807, 2.05) is 6.92 Å². The van der Waals surface area contributed by atoms with E-state index in [2.05, 4.69) is 4.98 Å². The molecule has 1 heterocycles. The fourth-order valence-corrected chi connectivity index (χ4v) is 1.90. The topological polar surface area (TPSA) is 62.3 Å². The molecule has 0 saturated carbocycles. The molecule has 0 atom stereocenters. The third-order valence-corrected chi connectivity index (χ3v) is 2.64. The average Bonchev–Trinajstić information content (AvgIpc) is 2.55. The van der Waals surface area contributed by atoms with Crippen molar-refractivity contribution < 1.29 is 19.0 Å². The van der Waals surface area contributed by atoms with E-state index in [-0.39, 0.29) is 6.42 Å². The molecule has 0 radical (unpaired) electrons. The minimum Gasteiger partial charge on any atom is -0.481 e. The summed E-state index contributed by atoms with van der Waals surface area (Å²) < 4.78 is 16.8. The van der Waals surface area contributed by atoms with Crippen molar-refractivity contribution in [2.45, 2.75) is 13.3 Å². The standard InChI is InChI=1S/C12H12FNO3/c1-7-10(5-12(15)16)9-3-2-8(17-6-13)4-11(9)14-7/h2-4,14H,5-6H2,1H3,(H,15,16). The van der Waals surface area contributed by atoms with Crippen molar-refractivity contribution in [1.82, 2.24) is 4.98 Å². The lowest BCUT2D eigenvalue weighted by atomic mass is 10.1. The van der Waals surface area contributed by atoms with Crippen LogP contribution in [-0.4, -0.2) is 22.9 Å². The third kappa shape index (κ3) is 2.22. The first-order chi connectivity index (χ1) is 8.11. The Hall–Kier alpha value is -2.04. The number of aromatic nitrogens is 1. The molecule has 5 heteroatoms. The van der Waals surface area contributed by atoms with Crippen LogP contribution >= 0.6 is 0 Å². The van der Waals surface area contributed by atoms with Gasteiger partial charge in [-0.05, 0) is 24.6 Å². The number of hydrogen-bond donors (Lipinski definition) is 2. The molecule has 0 aliphatic heterocycles. The van der Waals surface area contributed by atoms with Gasteiger partial charge in [0.2, 0.25) is 6.86 Å². The maximum Gasteiger partial charge on any atom is 0.307 e. The maximum absolute atomic E-state index is 12.0. The van der Waals surface area contributed by atoms with Crippen molar-refractivity contribution in [3.8, 4) is 5.75 Å². The molecule has 2 rings (SSSR count). The number of benzene rings is 1. The molecule has 0 aliphatic carbocycles. The number of carboxylic acids is 1. The summed E-state index contributed by atoms with van der Waals surface area (Å²) in [6.45, 7) is 0.932. The second-order valence-corrected chi connectivity index (χ2v) is 3.76. The van der Waals surface area contributed by atoms with Gasteiger partial charge in [0.1, 0.15) is 5.75 Å². The predicted molar refractivity (Wildman–Crippen MR) is 61.0 cm³/mol. The van der Waals surface area contributed by atoms with Gasteiger partial charge in [-0.3, -0.25) is 4.79 Å². The molecule has 0 aliphatic rings. The molecule has 0 saturated heterocycles. The lowest BCUT2D eigenvalue weighted by molar-refractivity contribution is -0.136. The predicted octanol–water partition coefficient (Wildman–Crippen LogP) is 2.41. The lowest BCUT2D eigenvalue weighted by Crippen LogP contribution is -2.00. The van der Waals surface area contributed by atoms with Crippen molar-refractivity contribution in [3.05, 3.63) is 29.5 Å². The van der Waals surface area contributed by atoms with Crippen LogP contribution in [0.15, 0.2) is 18.2 Å². The highest BCUT2D eigenvalue weighted by Gasteiger charge is 2.12. The molecule has 2 N–H and O–H groups in total. The van der Waals surface area contributed by atoms with Gasteiger partial charge in [0.05, 0.1) is 6.42 Å². The highest BCUT2D eigenvalue weighted by molar-refractivity contribution is 5.89. The van der Waals surface area contributed by atoms with E-state index in [9.17, 15) is 9.18 Å². The van der Waals surface area contributed by atoms with Gasteiger partial charge in [-0.1, -0.05) is 0 Å². The van der Waals surface area contributed by atoms with Gasteiger partial charge in [-0.25, -0.2) is 4.39 Å². The summed E-state index contributed by atoms with van der Waals surface area (Å²) in [7, 11) is 0. The van der Waals surface area contributed by atoms with Crippen LogP contribution in [0, 0.1) is 6.92 Å². The van der Waals surface area contributed by atoms with E-state index in [1.54, 1.807) is 18.2 Å². The van der Waals surface area contributed by atoms with Gasteiger partial charge in [0.25, 0.3) is 0 Å². The molecular weight excluding hydrogens is 225 g/mol. The highest BCUT2D eigenvalue weighted by atomic mass is 19.1. The van der Waals surface area contributed by atoms with Crippen LogP contribution in [0.2, 0.25) is 0 Å². The van der Waals surface area contributed by atoms with Gasteiger partial charge in [0.15, 0.2) is 0 Å². The molecule has 0 unspecified atom stereocenters. The summed E-state index contributed by atoms with van der Waals surface area (Å²) in [5, 5.41) is 9.65. The quantitative estimate of drug-likeness (QED) is 0.858. The van der Waals surface area contributed by atoms with Gasteiger partial charge in [-0.15, -0.1) is 0 Å². The van der Waals surface area contributed by atoms with Gasteiger partial charge in [-0.2, -0.15) is 0 Å². The normalized spacial score (nSPS) is 10.7. The fraction of sp³-hybridized carbons (Fsp3) is 0.250. The molecule has 0 amide bonds. The number of H-pyrrole nitrogens is 1. The highest BCUT2D eigenvalue weighted by Crippen LogP contribution is 2.26. The van der Waals surface area contributed by atoms with Crippen LogP contribution in [0.1, 0.15) is 11.3 Å². The molecule has 1 aromatic heterocycles. The molecule has 0 bridgehead atoms. The largest absolute Gasteiger partial charge is 0.481 e. The summed E-state index contributed by atoms with van der Waals surface area (Å²) in [6, 6.07) is 5.02. The Bertz CT molecular complexity index is 562. The van der Waals surface area contributed by atoms with Gasteiger partial charge >= 0.3 is 5.97 Å². The number of alkyl halides is 1. The van der Waals surface area contributed by atoms with Crippen LogP contribution in [0.5, 0.6) is 5.75 Å². The number of fused-ring (bicyclic) bond motifs is 1. The average molecular weight is 237 g/mol. The Balaban J connectivity index is 2.48. The number of rotatable bonds is 4. The second kappa shape index (κ2) is 4.45. The van der Waals surface area contributed by atoms with Gasteiger partial charge < -0.3 is 14.8 Å². The van der Waals surface area contributed by atoms with Gasteiger partial charge in [0, 0.05) is 22.7 Å². The van der Waals surface area contributed by atoms with E-state index < -0.39 is 12.8 Å². The van der Waals surface area contributed by atoms with E-state index >= 15 is 0 Å². The number of aryl methyl sites for hydroxylation is 1. The number of nitrogens with one attached hydrogen (secondary N) is 1. The second-order valence-electron chi connectivity index (χ2n) is 3.76. The first-order valence-corrected chi connectivity index (χ1v) is 5.13. The van der Waals surface area contributed by atoms with Crippen molar-refractivity contribution >= 4 is 16.9 Å². The number of hydrogen-bond acceptors (Lipinski definition) is 2. The van der Waals surface area contributed by atoms with Crippen molar-refractivity contribution in [2.24, 2.45) is 0 Å². The zero-order chi connectivity index (χ0) is 12.4. The first kappa shape index (κ1) is 11.4. The number of aliphatic carboxylic acids is 1. The Morgan fingerprint density at radius 3 is 2.94 bits per heavy atom. The van der Waals surface area contributed by atoms with E-state index in [1.165, 1.54) is 0 Å². The number of ether oxygens (including phenoxy) is 1. The van der Waals surface area contributed by atoms with Crippen molar-refractivity contribution in [3.63, 3.8) is 0 Å². The molecule has 4 nitrogen and oxygen atoms in total. The third-order valence-electron chi connectivity index (χ3n) is 2.64. The Labute approximate surface area is 97.0 Å². The minimum atomic E-state index is -0.882. The minimum absolute atomic E-state index is 0.0326. The molecule has 17 heavy (non-hydrogen) atoms. The smallest absolute Gasteiger partial charge is 0.307 e. The molecule has 90 valence electrons. The van der Waals surface area contributed by atoms with Crippen LogP contribution in [0.25, 0.3) is 10.9 Å². The number of carboxylic acid groups (broad SMARTS) is 1. The molecule has 0 fully saturated rings. The number of halogens is 1. The Kier molecular flexibility index (Phi) is 2.99. The lowest BCUT2D eigenvalue weighted by Gasteiger charge is -2.01. The Morgan fingerprint density at radius 2 is 2.29 bits per heavy atom. The van der Waals surface area contributed by atoms with Crippen LogP contribution in [-0.2, 0) is 11.2 Å². The van der Waals surface area contributed by atoms with E-state index in [0.29, 0.717) is 5.75 Å². The summed E-state index contributed by atoms with van der Waals surface area (Å²) in [4.78, 5) is 13.8. The van der Waals surface area contributed by atoms with Crippen LogP contribution in [0.3, 0.4) is 0 Å². The zero-order valence-corrected chi connectivity index (χ0v) is 9.29. The molecule has 0 spiro atoms. The first-order valence-electron chi connectivity index (χ1n) is 5.13. The summed E-state index contributed by atoms with van der Waals surface area (Å²) in [6.07, 6.45) is -0.0326. The molecular formula is C12H12FNO3. The van der Waals surface area contributed by atoms with Crippen LogP contribution in [0.4, 0.5) is 4.39 Å². The molecule has 1 aromatic carbocycles. The summed E-state index contributed by atoms with van der Waals surface area (Å²) in [5.74, 6) is -0.457. The van der Waals surface area contributed by atoms with Crippen molar-refractivity contribution in [2.75, 3.05) is 6.86 Å². The summed E-state index contributed by atoms with van der Waals surface area (Å²) in [5.41, 5.74) is 2.31. The van der Waals surface area contributed by atoms with Crippen molar-refractivity contribution in [1.29, 1.82) is 0 Å². The summed E-state index contributed by atoms with van der Waals surface area (Å²) >= 11 is 0. The fourth-order valence-electron chi connectivity index (χ4n) is 1.90. The monoisotopic (exact) mass is 237 g/mol. The zero-order valence-electron chi connectivity index (χ0n) is 9.29.